The molecule has 0 spiro atoms. The number of allylic oxidation sites excluding steroid dienone is 1. The zero-order valence-electron chi connectivity index (χ0n) is 25.3. The number of carbonyl (C=O) groups excluding carboxylic acids is 1. The smallest absolute Gasteiger partial charge is 0.186 e. The number of hydrogen-bond donors (Lipinski definition) is 4. The highest BCUT2D eigenvalue weighted by Gasteiger charge is 2.61. The highest BCUT2D eigenvalue weighted by Crippen LogP contribution is 2.66. The van der Waals surface area contributed by atoms with E-state index in [1.165, 1.54) is 38.5 Å². The number of aliphatic hydroxyl groups is 4. The lowest BCUT2D eigenvalue weighted by atomic mass is 9.46. The van der Waals surface area contributed by atoms with Crippen molar-refractivity contribution in [1.82, 2.24) is 0 Å². The monoisotopic (exact) mass is 562 g/mol. The Bertz CT molecular complexity index is 947. The van der Waals surface area contributed by atoms with E-state index in [-0.39, 0.29) is 22.9 Å². The van der Waals surface area contributed by atoms with E-state index in [2.05, 4.69) is 34.6 Å². The minimum absolute atomic E-state index is 0.0316. The molecule has 1 heterocycles. The topological polar surface area (TPSA) is 116 Å². The van der Waals surface area contributed by atoms with E-state index < -0.39 is 37.3 Å². The summed E-state index contributed by atoms with van der Waals surface area (Å²) in [5.41, 5.74) is 1.37. The summed E-state index contributed by atoms with van der Waals surface area (Å²) in [7, 11) is 0. The molecule has 40 heavy (non-hydrogen) atoms. The zero-order chi connectivity index (χ0) is 29.0. The Kier molecular flexibility index (Phi) is 8.95. The second-order valence-electron chi connectivity index (χ2n) is 15.0. The molecule has 1 saturated heterocycles. The van der Waals surface area contributed by atoms with Gasteiger partial charge in [0.2, 0.25) is 0 Å². The fraction of sp³-hybridized carbons (Fsp3) is 0.909. The summed E-state index contributed by atoms with van der Waals surface area (Å²) >= 11 is 0. The Morgan fingerprint density at radius 1 is 0.975 bits per heavy atom. The van der Waals surface area contributed by atoms with Crippen LogP contribution >= 0.6 is 0 Å². The molecule has 4 aliphatic carbocycles. The minimum Gasteiger partial charge on any atom is -0.394 e. The normalized spacial score (nSPS) is 47.9. The fourth-order valence-electron chi connectivity index (χ4n) is 9.88. The molecule has 1 aliphatic heterocycles. The van der Waals surface area contributed by atoms with Gasteiger partial charge in [-0.1, -0.05) is 59.5 Å². The van der Waals surface area contributed by atoms with Crippen molar-refractivity contribution in [3.8, 4) is 0 Å². The first-order valence-corrected chi connectivity index (χ1v) is 16.1. The molecule has 0 aromatic carbocycles. The van der Waals surface area contributed by atoms with E-state index in [1.54, 1.807) is 0 Å². The van der Waals surface area contributed by atoms with Crippen molar-refractivity contribution in [2.24, 2.45) is 46.3 Å². The largest absolute Gasteiger partial charge is 0.394 e. The van der Waals surface area contributed by atoms with Crippen molar-refractivity contribution in [1.29, 1.82) is 0 Å². The van der Waals surface area contributed by atoms with Crippen LogP contribution in [0.1, 0.15) is 98.8 Å². The van der Waals surface area contributed by atoms with Crippen LogP contribution in [0.25, 0.3) is 0 Å². The molecular formula is C33H54O7. The van der Waals surface area contributed by atoms with Crippen LogP contribution in [0.2, 0.25) is 0 Å². The molecule has 0 amide bonds. The van der Waals surface area contributed by atoms with E-state index >= 15 is 0 Å². The third-order valence-electron chi connectivity index (χ3n) is 12.3. The summed E-state index contributed by atoms with van der Waals surface area (Å²) in [4.78, 5) is 13.9. The summed E-state index contributed by atoms with van der Waals surface area (Å²) < 4.78 is 11.7. The van der Waals surface area contributed by atoms with Gasteiger partial charge >= 0.3 is 0 Å². The van der Waals surface area contributed by atoms with Crippen LogP contribution in [0.5, 0.6) is 0 Å². The Labute approximate surface area is 240 Å². The molecule has 3 saturated carbocycles. The Morgan fingerprint density at radius 2 is 1.73 bits per heavy atom. The number of aliphatic hydroxyl groups excluding tert-OH is 4. The van der Waals surface area contributed by atoms with Gasteiger partial charge in [0.15, 0.2) is 12.1 Å². The first-order chi connectivity index (χ1) is 18.9. The molecule has 5 aliphatic rings. The van der Waals surface area contributed by atoms with E-state index in [0.717, 1.165) is 30.8 Å². The first kappa shape index (κ1) is 30.6. The van der Waals surface area contributed by atoms with Crippen molar-refractivity contribution in [3.63, 3.8) is 0 Å². The molecule has 0 aromatic heterocycles. The van der Waals surface area contributed by atoms with Gasteiger partial charge in [-0.3, -0.25) is 4.79 Å². The van der Waals surface area contributed by atoms with Crippen LogP contribution in [0, 0.1) is 46.3 Å². The third-order valence-corrected chi connectivity index (χ3v) is 12.3. The van der Waals surface area contributed by atoms with Gasteiger partial charge in [-0.25, -0.2) is 0 Å². The molecule has 0 unspecified atom stereocenters. The van der Waals surface area contributed by atoms with Crippen molar-refractivity contribution in [3.05, 3.63) is 11.6 Å². The third kappa shape index (κ3) is 5.26. The maximum Gasteiger partial charge on any atom is 0.186 e. The predicted octanol–water partition coefficient (Wildman–Crippen LogP) is 4.39. The molecule has 0 bridgehead atoms. The molecule has 7 nitrogen and oxygen atoms in total. The maximum atomic E-state index is 13.9. The number of rotatable bonds is 8. The lowest BCUT2D eigenvalue weighted by Crippen LogP contribution is -2.60. The molecule has 4 fully saturated rings. The second-order valence-corrected chi connectivity index (χ2v) is 15.0. The number of ketones is 1. The van der Waals surface area contributed by atoms with Gasteiger partial charge in [0, 0.05) is 5.92 Å². The molecule has 13 atom stereocenters. The lowest BCUT2D eigenvalue weighted by Gasteiger charge is -2.58. The van der Waals surface area contributed by atoms with Crippen molar-refractivity contribution in [2.75, 3.05) is 6.61 Å². The van der Waals surface area contributed by atoms with E-state index in [9.17, 15) is 25.2 Å². The van der Waals surface area contributed by atoms with Crippen LogP contribution in [0.4, 0.5) is 0 Å². The second kappa shape index (κ2) is 11.7. The standard InChI is InChI=1S/C33H54O7/c1-18(2)7-6-8-19(3)22-9-10-23-27-24(12-14-33(22,23)5)32(4)13-11-21(15-20(32)16-25(27)35)39-31-30(38)29(37)28(36)26(17-34)40-31/h16,18-19,21-24,26-31,34,36-38H,6-15,17H2,1-5H3/t19-,21+,22-,23+,24+,26-,27+,28+,29+,30-,31+,32+,33-/m1/s1. The Balaban J connectivity index is 1.28. The number of fused-ring (bicyclic) bond motifs is 5. The first-order valence-electron chi connectivity index (χ1n) is 16.1. The van der Waals surface area contributed by atoms with Crippen molar-refractivity contribution < 1.29 is 34.7 Å². The summed E-state index contributed by atoms with van der Waals surface area (Å²) in [6, 6.07) is 0. The highest BCUT2D eigenvalue weighted by atomic mass is 16.7. The zero-order valence-corrected chi connectivity index (χ0v) is 25.3. The van der Waals surface area contributed by atoms with Crippen molar-refractivity contribution in [2.45, 2.75) is 136 Å². The lowest BCUT2D eigenvalue weighted by molar-refractivity contribution is -0.313. The maximum absolute atomic E-state index is 13.9. The van der Waals surface area contributed by atoms with Gasteiger partial charge in [0.1, 0.15) is 24.4 Å². The molecule has 5 rings (SSSR count). The van der Waals surface area contributed by atoms with E-state index in [4.69, 9.17) is 9.47 Å². The van der Waals surface area contributed by atoms with E-state index in [1.807, 2.05) is 6.08 Å². The summed E-state index contributed by atoms with van der Waals surface area (Å²) in [6.07, 6.45) is 6.21. The molecule has 0 aromatic rings. The van der Waals surface area contributed by atoms with Crippen LogP contribution in [0.15, 0.2) is 11.6 Å². The van der Waals surface area contributed by atoms with E-state index in [0.29, 0.717) is 35.9 Å². The van der Waals surface area contributed by atoms with Gasteiger partial charge in [0.25, 0.3) is 0 Å². The summed E-state index contributed by atoms with van der Waals surface area (Å²) in [6.45, 7) is 11.5. The van der Waals surface area contributed by atoms with Gasteiger partial charge in [0.05, 0.1) is 12.7 Å². The average Bonchev–Trinajstić information content (AvgIpc) is 3.26. The molecule has 7 heteroatoms. The van der Waals surface area contributed by atoms with Crippen molar-refractivity contribution >= 4 is 5.78 Å². The quantitative estimate of drug-likeness (QED) is 0.347. The summed E-state index contributed by atoms with van der Waals surface area (Å²) in [5.74, 6) is 3.42. The molecular weight excluding hydrogens is 508 g/mol. The molecule has 228 valence electrons. The molecule has 4 N–H and O–H groups in total. The fourth-order valence-corrected chi connectivity index (χ4v) is 9.88. The van der Waals surface area contributed by atoms with Gasteiger partial charge in [-0.15, -0.1) is 0 Å². The minimum atomic E-state index is -1.45. The average molecular weight is 563 g/mol. The predicted molar refractivity (Wildman–Crippen MR) is 152 cm³/mol. The Hall–Kier alpha value is -0.830. The summed E-state index contributed by atoms with van der Waals surface area (Å²) in [5, 5.41) is 40.3. The van der Waals surface area contributed by atoms with Crippen LogP contribution < -0.4 is 0 Å². The van der Waals surface area contributed by atoms with Gasteiger partial charge < -0.3 is 29.9 Å². The molecule has 0 radical (unpaired) electrons. The van der Waals surface area contributed by atoms with Crippen LogP contribution in [-0.4, -0.2) is 69.6 Å². The number of hydrogen-bond acceptors (Lipinski definition) is 7. The van der Waals surface area contributed by atoms with Crippen LogP contribution in [-0.2, 0) is 14.3 Å². The van der Waals surface area contributed by atoms with Gasteiger partial charge in [-0.2, -0.15) is 0 Å². The SMILES string of the molecule is CC(C)CCC[C@@H](C)[C@H]1CC[C@H]2[C@@H]3C(=O)C=C4C[C@@H](O[C@H]5O[C@H](CO)[C@H](O)[C@H](O)[C@H]5O)CC[C@]4(C)[C@H]3CC[C@]12C. The highest BCUT2D eigenvalue weighted by molar-refractivity contribution is 5.94. The number of ether oxygens (including phenoxy) is 2. The van der Waals surface area contributed by atoms with Crippen LogP contribution in [0.3, 0.4) is 0 Å². The number of carbonyl (C=O) groups is 1. The Morgan fingerprint density at radius 3 is 2.42 bits per heavy atom. The van der Waals surface area contributed by atoms with Gasteiger partial charge in [-0.05, 0) is 91.4 Å².